The van der Waals surface area contributed by atoms with E-state index < -0.39 is 35.5 Å². The summed E-state index contributed by atoms with van der Waals surface area (Å²) in [6.45, 7) is 4.62. The van der Waals surface area contributed by atoms with Crippen molar-refractivity contribution in [3.05, 3.63) is 42.1 Å². The number of carbonyl (C=O) groups is 3. The average Bonchev–Trinajstić information content (AvgIpc) is 3.20. The summed E-state index contributed by atoms with van der Waals surface area (Å²) >= 11 is 0. The van der Waals surface area contributed by atoms with Gasteiger partial charge < -0.3 is 29.9 Å². The molecule has 41 heavy (non-hydrogen) atoms. The van der Waals surface area contributed by atoms with Gasteiger partial charge in [0, 0.05) is 30.6 Å². The number of imide groups is 1. The van der Waals surface area contributed by atoms with Gasteiger partial charge in [0.1, 0.15) is 11.4 Å². The SMILES string of the molecule is CN(C)CC(=O)Nc1cc(N2C(=O)N(Cc3ccnc(NC4C5COCC54)c3)C(C)(C)C2=O)ccc1OC(F)(F)F. The standard InChI is InChI=1S/C27H31F3N6O5/c1-26(2)24(38)36(16-5-6-20(41-27(28,29)30)19(10-16)32-22(37)12-34(3)4)25(39)35(26)11-15-7-8-31-21(9-15)33-23-17-13-40-14-18(17)23/h5-10,17-18,23H,11-14H2,1-4H3,(H,31,33)(H,32,37). The fraction of sp³-hybridized carbons (Fsp3) is 0.481. The van der Waals surface area contributed by atoms with Gasteiger partial charge in [0.25, 0.3) is 5.91 Å². The Morgan fingerprint density at radius 3 is 2.54 bits per heavy atom. The summed E-state index contributed by atoms with van der Waals surface area (Å²) in [6, 6.07) is 6.47. The van der Waals surface area contributed by atoms with Crippen LogP contribution in [0.15, 0.2) is 36.5 Å². The first kappa shape index (κ1) is 28.6. The number of aromatic nitrogens is 1. The van der Waals surface area contributed by atoms with Crippen LogP contribution in [0, 0.1) is 11.8 Å². The largest absolute Gasteiger partial charge is 0.573 e. The van der Waals surface area contributed by atoms with Gasteiger partial charge in [0.05, 0.1) is 31.1 Å². The number of hydrogen-bond acceptors (Lipinski definition) is 8. The smallest absolute Gasteiger partial charge is 0.404 e. The number of alkyl halides is 3. The maximum Gasteiger partial charge on any atom is 0.573 e. The first-order chi connectivity index (χ1) is 19.2. The molecule has 1 saturated carbocycles. The number of carbonyl (C=O) groups excluding carboxylic acids is 3. The zero-order valence-electron chi connectivity index (χ0n) is 23.0. The summed E-state index contributed by atoms with van der Waals surface area (Å²) in [6.07, 6.45) is -3.40. The number of ether oxygens (including phenoxy) is 2. The van der Waals surface area contributed by atoms with Crippen LogP contribution in [0.5, 0.6) is 5.75 Å². The number of rotatable bonds is 9. The van der Waals surface area contributed by atoms with E-state index in [0.717, 1.165) is 35.8 Å². The van der Waals surface area contributed by atoms with Crippen LogP contribution >= 0.6 is 0 Å². The third-order valence-electron chi connectivity index (χ3n) is 7.44. The second kappa shape index (κ2) is 10.5. The lowest BCUT2D eigenvalue weighted by molar-refractivity contribution is -0.274. The fourth-order valence-corrected chi connectivity index (χ4v) is 5.23. The van der Waals surface area contributed by atoms with Crippen molar-refractivity contribution in [1.29, 1.82) is 0 Å². The molecule has 2 saturated heterocycles. The van der Waals surface area contributed by atoms with E-state index >= 15 is 0 Å². The summed E-state index contributed by atoms with van der Waals surface area (Å²) in [5.41, 5.74) is -0.867. The van der Waals surface area contributed by atoms with Crippen LogP contribution < -0.4 is 20.3 Å². The summed E-state index contributed by atoms with van der Waals surface area (Å²) < 4.78 is 48.6. The molecule has 2 N–H and O–H groups in total. The zero-order chi connectivity index (χ0) is 29.7. The number of nitrogens with zero attached hydrogens (tertiary/aromatic N) is 4. The Kier molecular flexibility index (Phi) is 7.32. The molecule has 0 radical (unpaired) electrons. The zero-order valence-corrected chi connectivity index (χ0v) is 23.0. The Balaban J connectivity index is 1.37. The number of fused-ring (bicyclic) bond motifs is 1. The summed E-state index contributed by atoms with van der Waals surface area (Å²) in [7, 11) is 3.24. The van der Waals surface area contributed by atoms with Gasteiger partial charge in [0.15, 0.2) is 5.75 Å². The highest BCUT2D eigenvalue weighted by Gasteiger charge is 2.54. The Bertz CT molecular complexity index is 1360. The number of likely N-dealkylation sites (N-methyl/N-ethyl adjacent to an activating group) is 1. The van der Waals surface area contributed by atoms with Crippen molar-refractivity contribution in [2.24, 2.45) is 11.8 Å². The Hall–Kier alpha value is -3.91. The monoisotopic (exact) mass is 576 g/mol. The van der Waals surface area contributed by atoms with E-state index in [1.165, 1.54) is 15.9 Å². The number of amides is 4. The van der Waals surface area contributed by atoms with Crippen LogP contribution in [0.2, 0.25) is 0 Å². The Morgan fingerprint density at radius 1 is 1.17 bits per heavy atom. The number of pyridine rings is 1. The van der Waals surface area contributed by atoms with Crippen molar-refractivity contribution < 1.29 is 37.0 Å². The molecule has 3 heterocycles. The van der Waals surface area contributed by atoms with E-state index in [1.54, 1.807) is 40.2 Å². The molecule has 0 bridgehead atoms. The van der Waals surface area contributed by atoms with Gasteiger partial charge in [0.2, 0.25) is 5.91 Å². The maximum atomic E-state index is 13.6. The molecule has 14 heteroatoms. The minimum atomic E-state index is -5.02. The molecule has 1 aromatic heterocycles. The average molecular weight is 577 g/mol. The van der Waals surface area contributed by atoms with Crippen molar-refractivity contribution in [1.82, 2.24) is 14.8 Å². The minimum absolute atomic E-state index is 0.00942. The number of urea groups is 1. The molecule has 1 aromatic carbocycles. The fourth-order valence-electron chi connectivity index (χ4n) is 5.23. The second-order valence-corrected chi connectivity index (χ2v) is 11.2. The van der Waals surface area contributed by atoms with Gasteiger partial charge in [-0.15, -0.1) is 13.2 Å². The highest BCUT2D eigenvalue weighted by molar-refractivity contribution is 6.23. The predicted octanol–water partition coefficient (Wildman–Crippen LogP) is 3.28. The van der Waals surface area contributed by atoms with Crippen molar-refractivity contribution in [2.45, 2.75) is 38.3 Å². The van der Waals surface area contributed by atoms with E-state index in [-0.39, 0.29) is 24.5 Å². The highest BCUT2D eigenvalue weighted by atomic mass is 19.4. The van der Waals surface area contributed by atoms with Crippen LogP contribution in [0.1, 0.15) is 19.4 Å². The first-order valence-corrected chi connectivity index (χ1v) is 13.0. The molecule has 4 amide bonds. The lowest BCUT2D eigenvalue weighted by Gasteiger charge is -2.27. The molecular formula is C27H31F3N6O5. The van der Waals surface area contributed by atoms with Gasteiger partial charge >= 0.3 is 12.4 Å². The lowest BCUT2D eigenvalue weighted by Crippen LogP contribution is -2.43. The molecular weight excluding hydrogens is 545 g/mol. The Morgan fingerprint density at radius 2 is 1.88 bits per heavy atom. The maximum absolute atomic E-state index is 13.6. The van der Waals surface area contributed by atoms with E-state index in [0.29, 0.717) is 23.7 Å². The van der Waals surface area contributed by atoms with Crippen molar-refractivity contribution in [3.63, 3.8) is 0 Å². The molecule has 3 fully saturated rings. The number of hydrogen-bond donors (Lipinski definition) is 2. The number of halogens is 3. The van der Waals surface area contributed by atoms with Crippen LogP contribution in [0.4, 0.5) is 35.2 Å². The lowest BCUT2D eigenvalue weighted by atomic mass is 10.0. The molecule has 220 valence electrons. The van der Waals surface area contributed by atoms with E-state index in [4.69, 9.17) is 4.74 Å². The minimum Gasteiger partial charge on any atom is -0.404 e. The molecule has 11 nitrogen and oxygen atoms in total. The normalized spacial score (nSPS) is 23.2. The number of nitrogens with one attached hydrogen (secondary N) is 2. The van der Waals surface area contributed by atoms with Crippen LogP contribution in [0.25, 0.3) is 0 Å². The summed E-state index contributed by atoms with van der Waals surface area (Å²) in [4.78, 5) is 47.6. The van der Waals surface area contributed by atoms with Crippen molar-refractivity contribution >= 4 is 35.0 Å². The van der Waals surface area contributed by atoms with Gasteiger partial charge in [-0.2, -0.15) is 0 Å². The molecule has 1 aliphatic carbocycles. The molecule has 0 spiro atoms. The van der Waals surface area contributed by atoms with E-state index in [1.807, 2.05) is 6.07 Å². The molecule has 2 unspecified atom stereocenters. The van der Waals surface area contributed by atoms with E-state index in [2.05, 4.69) is 20.4 Å². The third kappa shape index (κ3) is 5.93. The van der Waals surface area contributed by atoms with Crippen LogP contribution in [0.3, 0.4) is 0 Å². The van der Waals surface area contributed by atoms with Gasteiger partial charge in [-0.1, -0.05) is 0 Å². The third-order valence-corrected chi connectivity index (χ3v) is 7.44. The van der Waals surface area contributed by atoms with E-state index in [9.17, 15) is 27.6 Å². The Labute approximate surface area is 234 Å². The first-order valence-electron chi connectivity index (χ1n) is 13.0. The quantitative estimate of drug-likeness (QED) is 0.437. The predicted molar refractivity (Wildman–Crippen MR) is 142 cm³/mol. The van der Waals surface area contributed by atoms with Crippen LogP contribution in [-0.4, -0.2) is 84.4 Å². The molecule has 2 aliphatic heterocycles. The second-order valence-electron chi connectivity index (χ2n) is 11.2. The topological polar surface area (TPSA) is 116 Å². The molecule has 2 aromatic rings. The summed E-state index contributed by atoms with van der Waals surface area (Å²) in [5, 5.41) is 5.79. The van der Waals surface area contributed by atoms with Gasteiger partial charge in [-0.05, 0) is 63.8 Å². The molecule has 5 rings (SSSR count). The van der Waals surface area contributed by atoms with Gasteiger partial charge in [-0.3, -0.25) is 9.59 Å². The number of benzene rings is 1. The highest BCUT2D eigenvalue weighted by Crippen LogP contribution is 2.46. The number of anilines is 3. The van der Waals surface area contributed by atoms with Crippen molar-refractivity contribution in [3.8, 4) is 5.75 Å². The molecule has 2 atom stereocenters. The van der Waals surface area contributed by atoms with Gasteiger partial charge in [-0.25, -0.2) is 14.7 Å². The van der Waals surface area contributed by atoms with Crippen LogP contribution in [-0.2, 0) is 20.9 Å². The molecule has 3 aliphatic rings. The van der Waals surface area contributed by atoms with Crippen molar-refractivity contribution in [2.75, 3.05) is 49.4 Å². The summed E-state index contributed by atoms with van der Waals surface area (Å²) in [5.74, 6) is -0.257.